The van der Waals surface area contributed by atoms with Crippen LogP contribution in [0.4, 0.5) is 11.5 Å². The Bertz CT molecular complexity index is 1220. The van der Waals surface area contributed by atoms with Crippen molar-refractivity contribution in [1.82, 2.24) is 4.98 Å². The first-order valence-corrected chi connectivity index (χ1v) is 8.97. The van der Waals surface area contributed by atoms with E-state index in [1.165, 1.54) is 0 Å². The zero-order valence-corrected chi connectivity index (χ0v) is 15.6. The quantitative estimate of drug-likeness (QED) is 0.557. The molecule has 1 N–H and O–H groups in total. The summed E-state index contributed by atoms with van der Waals surface area (Å²) in [6, 6.07) is 20.7. The van der Waals surface area contributed by atoms with Gasteiger partial charge in [0.05, 0.1) is 5.69 Å². The van der Waals surface area contributed by atoms with Gasteiger partial charge in [0.1, 0.15) is 17.0 Å². The third kappa shape index (κ3) is 3.69. The van der Waals surface area contributed by atoms with Gasteiger partial charge in [0.2, 0.25) is 5.55 Å². The lowest BCUT2D eigenvalue weighted by Crippen LogP contribution is -2.22. The van der Waals surface area contributed by atoms with Gasteiger partial charge in [-0.05, 0) is 49.2 Å². The van der Waals surface area contributed by atoms with Gasteiger partial charge >= 0.3 is 0 Å². The van der Waals surface area contributed by atoms with Crippen LogP contribution in [0.5, 0.6) is 0 Å². The molecule has 0 radical (unpaired) electrons. The number of pyridine rings is 1. The fraction of sp³-hybridized carbons (Fsp3) is 0.0870. The van der Waals surface area contributed by atoms with Crippen LogP contribution in [0.15, 0.2) is 82.3 Å². The van der Waals surface area contributed by atoms with E-state index >= 15 is 0 Å². The van der Waals surface area contributed by atoms with E-state index in [1.54, 1.807) is 18.3 Å². The van der Waals surface area contributed by atoms with E-state index in [4.69, 9.17) is 4.42 Å². The molecule has 0 saturated carbocycles. The fourth-order valence-electron chi connectivity index (χ4n) is 2.84. The number of carbonyl (C=O) groups excluding carboxylic acids is 1. The number of hydrogen-bond donors (Lipinski definition) is 1. The highest BCUT2D eigenvalue weighted by Gasteiger charge is 2.14. The summed E-state index contributed by atoms with van der Waals surface area (Å²) < 4.78 is 5.98. The van der Waals surface area contributed by atoms with Crippen molar-refractivity contribution in [2.45, 2.75) is 13.8 Å². The summed E-state index contributed by atoms with van der Waals surface area (Å²) in [5.41, 5.74) is 4.05. The number of benzene rings is 2. The number of carbonyl (C=O) groups is 1. The molecule has 5 heteroatoms. The second-order valence-electron chi connectivity index (χ2n) is 6.58. The number of fused-ring (bicyclic) bond motifs is 1. The van der Waals surface area contributed by atoms with Crippen LogP contribution >= 0.6 is 0 Å². The number of aryl methyl sites for hydroxylation is 2. The number of aromatic nitrogens is 1. The van der Waals surface area contributed by atoms with Crippen molar-refractivity contribution in [3.63, 3.8) is 0 Å². The molecule has 2 aromatic carbocycles. The Labute approximate surface area is 162 Å². The zero-order valence-electron chi connectivity index (χ0n) is 15.6. The lowest BCUT2D eigenvalue weighted by molar-refractivity contribution is 0.102. The van der Waals surface area contributed by atoms with E-state index in [0.29, 0.717) is 17.0 Å². The second-order valence-corrected chi connectivity index (χ2v) is 6.58. The van der Waals surface area contributed by atoms with Gasteiger partial charge in [0.25, 0.3) is 5.91 Å². The molecule has 0 aliphatic heterocycles. The summed E-state index contributed by atoms with van der Waals surface area (Å²) in [7, 11) is 0. The number of hydrogen-bond acceptors (Lipinski definition) is 4. The van der Waals surface area contributed by atoms with E-state index < -0.39 is 0 Å². The molecule has 0 atom stereocenters. The van der Waals surface area contributed by atoms with Gasteiger partial charge in [0.15, 0.2) is 0 Å². The number of para-hydroxylation sites is 2. The molecular formula is C23H19N3O2. The van der Waals surface area contributed by atoms with E-state index in [0.717, 1.165) is 22.2 Å². The first-order chi connectivity index (χ1) is 13.6. The molecule has 1 amide bonds. The molecule has 0 aliphatic rings. The average Bonchev–Trinajstić information content (AvgIpc) is 2.71. The van der Waals surface area contributed by atoms with Crippen molar-refractivity contribution in [2.75, 3.05) is 5.32 Å². The van der Waals surface area contributed by atoms with Gasteiger partial charge in [-0.2, -0.15) is 0 Å². The fourth-order valence-corrected chi connectivity index (χ4v) is 2.84. The molecule has 0 spiro atoms. The highest BCUT2D eigenvalue weighted by atomic mass is 16.3. The van der Waals surface area contributed by atoms with Crippen LogP contribution in [0.3, 0.4) is 0 Å². The van der Waals surface area contributed by atoms with Crippen LogP contribution in [0.2, 0.25) is 0 Å². The van der Waals surface area contributed by atoms with Crippen LogP contribution in [-0.4, -0.2) is 10.9 Å². The van der Waals surface area contributed by atoms with Crippen molar-refractivity contribution in [1.29, 1.82) is 0 Å². The maximum absolute atomic E-state index is 13.0. The van der Waals surface area contributed by atoms with Gasteiger partial charge in [-0.15, -0.1) is 0 Å². The first kappa shape index (κ1) is 17.7. The minimum absolute atomic E-state index is 0.262. The number of nitrogens with one attached hydrogen (secondary N) is 1. The van der Waals surface area contributed by atoms with E-state index in [-0.39, 0.29) is 11.5 Å². The lowest BCUT2D eigenvalue weighted by atomic mass is 10.1. The van der Waals surface area contributed by atoms with Crippen LogP contribution in [-0.2, 0) is 0 Å². The molecular weight excluding hydrogens is 350 g/mol. The summed E-state index contributed by atoms with van der Waals surface area (Å²) >= 11 is 0. The molecule has 5 nitrogen and oxygen atoms in total. The Balaban J connectivity index is 1.84. The number of rotatable bonds is 3. The third-order valence-corrected chi connectivity index (χ3v) is 4.39. The SMILES string of the molecule is Cc1ccc(NC(=O)c2cc3ccccc3oc2=Nc2ccccc2C)nc1. The second kappa shape index (κ2) is 7.48. The molecule has 0 aliphatic carbocycles. The normalized spacial score (nSPS) is 11.6. The summed E-state index contributed by atoms with van der Waals surface area (Å²) in [4.78, 5) is 21.8. The maximum atomic E-state index is 13.0. The maximum Gasteiger partial charge on any atom is 0.262 e. The Morgan fingerprint density at radius 3 is 2.57 bits per heavy atom. The van der Waals surface area contributed by atoms with Gasteiger partial charge in [-0.25, -0.2) is 9.98 Å². The molecule has 0 bridgehead atoms. The van der Waals surface area contributed by atoms with E-state index in [9.17, 15) is 4.79 Å². The molecule has 4 rings (SSSR count). The monoisotopic (exact) mass is 369 g/mol. The number of amides is 1. The van der Waals surface area contributed by atoms with Crippen LogP contribution in [0.25, 0.3) is 11.0 Å². The average molecular weight is 369 g/mol. The topological polar surface area (TPSA) is 67.5 Å². The minimum atomic E-state index is -0.321. The van der Waals surface area contributed by atoms with Gasteiger partial charge < -0.3 is 9.73 Å². The number of anilines is 1. The standard InChI is InChI=1S/C23H19N3O2/c1-15-11-12-21(24-14-15)26-22(27)18-13-17-8-4-6-10-20(17)28-23(18)25-19-9-5-3-7-16(19)2/h3-14H,1-2H3,(H,24,26,27). The predicted octanol–water partition coefficient (Wildman–Crippen LogP) is 4.93. The Morgan fingerprint density at radius 1 is 1.00 bits per heavy atom. The Morgan fingerprint density at radius 2 is 1.79 bits per heavy atom. The molecule has 28 heavy (non-hydrogen) atoms. The molecule has 2 heterocycles. The molecule has 2 aromatic heterocycles. The van der Waals surface area contributed by atoms with Gasteiger partial charge in [-0.3, -0.25) is 4.79 Å². The summed E-state index contributed by atoms with van der Waals surface area (Å²) in [5.74, 6) is 0.156. The summed E-state index contributed by atoms with van der Waals surface area (Å²) in [6.45, 7) is 3.91. The summed E-state index contributed by atoms with van der Waals surface area (Å²) in [6.07, 6.45) is 1.71. The van der Waals surface area contributed by atoms with E-state index in [1.807, 2.05) is 68.4 Å². The molecule has 4 aromatic rings. The highest BCUT2D eigenvalue weighted by Crippen LogP contribution is 2.18. The van der Waals surface area contributed by atoms with Gasteiger partial charge in [-0.1, -0.05) is 42.5 Å². The molecule has 0 saturated heterocycles. The van der Waals surface area contributed by atoms with Gasteiger partial charge in [0, 0.05) is 11.6 Å². The van der Waals surface area contributed by atoms with Crippen molar-refractivity contribution in [3.8, 4) is 0 Å². The summed E-state index contributed by atoms with van der Waals surface area (Å²) in [5, 5.41) is 3.65. The first-order valence-electron chi connectivity index (χ1n) is 8.97. The predicted molar refractivity (Wildman–Crippen MR) is 110 cm³/mol. The Hall–Kier alpha value is -3.73. The Kier molecular flexibility index (Phi) is 4.72. The van der Waals surface area contributed by atoms with Crippen LogP contribution in [0.1, 0.15) is 21.5 Å². The van der Waals surface area contributed by atoms with Crippen molar-refractivity contribution >= 4 is 28.4 Å². The smallest absolute Gasteiger partial charge is 0.262 e. The molecule has 0 unspecified atom stereocenters. The third-order valence-electron chi connectivity index (χ3n) is 4.39. The van der Waals surface area contributed by atoms with Crippen molar-refractivity contribution < 1.29 is 9.21 Å². The lowest BCUT2D eigenvalue weighted by Gasteiger charge is -2.07. The molecule has 138 valence electrons. The van der Waals surface area contributed by atoms with Crippen molar-refractivity contribution in [3.05, 3.63) is 95.2 Å². The number of nitrogens with zero attached hydrogens (tertiary/aromatic N) is 2. The van der Waals surface area contributed by atoms with E-state index in [2.05, 4.69) is 15.3 Å². The van der Waals surface area contributed by atoms with Crippen LogP contribution < -0.4 is 10.9 Å². The van der Waals surface area contributed by atoms with Crippen LogP contribution in [0, 0.1) is 13.8 Å². The highest BCUT2D eigenvalue weighted by molar-refractivity contribution is 6.04. The largest absolute Gasteiger partial charge is 0.438 e. The minimum Gasteiger partial charge on any atom is -0.438 e. The van der Waals surface area contributed by atoms with Crippen molar-refractivity contribution in [2.24, 2.45) is 4.99 Å². The zero-order chi connectivity index (χ0) is 19.5. The molecule has 0 fully saturated rings.